The average Bonchev–Trinajstić information content (AvgIpc) is 1.94. The van der Waals surface area contributed by atoms with E-state index in [1.165, 1.54) is 0 Å². The smallest absolute Gasteiger partial charge is 0.320 e. The van der Waals surface area contributed by atoms with E-state index in [-0.39, 0.29) is 6.04 Å². The van der Waals surface area contributed by atoms with Crippen molar-refractivity contribution in [3.05, 3.63) is 0 Å². The number of rotatable bonds is 1. The van der Waals surface area contributed by atoms with Crippen LogP contribution in [0.25, 0.3) is 0 Å². The van der Waals surface area contributed by atoms with Crippen LogP contribution in [-0.4, -0.2) is 23.7 Å². The third-order valence-electron chi connectivity index (χ3n) is 2.56. The Kier molecular flexibility index (Phi) is 2.49. The van der Waals surface area contributed by atoms with E-state index in [2.05, 4.69) is 19.2 Å². The van der Waals surface area contributed by atoms with Crippen molar-refractivity contribution >= 4 is 5.97 Å². The molecule has 1 aliphatic heterocycles. The molecule has 0 bridgehead atoms. The van der Waals surface area contributed by atoms with E-state index in [1.54, 1.807) is 0 Å². The molecule has 3 heteroatoms. The number of carbonyl (C=O) groups is 1. The van der Waals surface area contributed by atoms with Crippen molar-refractivity contribution < 1.29 is 9.90 Å². The fourth-order valence-electron chi connectivity index (χ4n) is 1.40. The molecule has 2 N–H and O–H groups in total. The summed E-state index contributed by atoms with van der Waals surface area (Å²) in [4.78, 5) is 10.5. The molecule has 1 heterocycles. The van der Waals surface area contributed by atoms with E-state index in [4.69, 9.17) is 5.11 Å². The lowest BCUT2D eigenvalue weighted by Crippen LogP contribution is -2.46. The molecular weight excluding hydrogens is 142 g/mol. The van der Waals surface area contributed by atoms with Crippen LogP contribution in [0.4, 0.5) is 0 Å². The molecule has 1 saturated heterocycles. The molecule has 0 aromatic carbocycles. The SMILES string of the molecule is C[C@@H]1C[C@H](C(=O)O)NC[C@@H]1C. The molecule has 3 nitrogen and oxygen atoms in total. The van der Waals surface area contributed by atoms with Crippen LogP contribution in [0.3, 0.4) is 0 Å². The number of carboxylic acids is 1. The van der Waals surface area contributed by atoms with Crippen molar-refractivity contribution in [1.82, 2.24) is 5.32 Å². The van der Waals surface area contributed by atoms with Crippen molar-refractivity contribution in [1.29, 1.82) is 0 Å². The molecule has 1 aliphatic rings. The third kappa shape index (κ3) is 1.93. The lowest BCUT2D eigenvalue weighted by Gasteiger charge is -2.30. The number of carboxylic acid groups (broad SMARTS) is 1. The molecule has 3 atom stereocenters. The zero-order valence-corrected chi connectivity index (χ0v) is 7.00. The number of hydrogen-bond donors (Lipinski definition) is 2. The van der Waals surface area contributed by atoms with Gasteiger partial charge in [-0.15, -0.1) is 0 Å². The number of aliphatic carboxylic acids is 1. The number of hydrogen-bond acceptors (Lipinski definition) is 2. The highest BCUT2D eigenvalue weighted by Crippen LogP contribution is 2.20. The fourth-order valence-corrected chi connectivity index (χ4v) is 1.40. The van der Waals surface area contributed by atoms with Crippen LogP contribution in [-0.2, 0) is 4.79 Å². The summed E-state index contributed by atoms with van der Waals surface area (Å²) >= 11 is 0. The van der Waals surface area contributed by atoms with Crippen molar-refractivity contribution in [2.24, 2.45) is 11.8 Å². The van der Waals surface area contributed by atoms with Gasteiger partial charge in [-0.2, -0.15) is 0 Å². The molecule has 0 radical (unpaired) electrons. The summed E-state index contributed by atoms with van der Waals surface area (Å²) < 4.78 is 0. The van der Waals surface area contributed by atoms with E-state index in [1.807, 2.05) is 0 Å². The van der Waals surface area contributed by atoms with Crippen LogP contribution >= 0.6 is 0 Å². The Labute approximate surface area is 66.8 Å². The molecule has 64 valence electrons. The Bertz CT molecular complexity index is 158. The molecule has 0 aromatic rings. The Hall–Kier alpha value is -0.570. The van der Waals surface area contributed by atoms with Crippen LogP contribution in [0.2, 0.25) is 0 Å². The maximum atomic E-state index is 10.5. The lowest BCUT2D eigenvalue weighted by atomic mass is 9.86. The van der Waals surface area contributed by atoms with Crippen molar-refractivity contribution in [2.75, 3.05) is 6.54 Å². The summed E-state index contributed by atoms with van der Waals surface area (Å²) in [6.07, 6.45) is 0.760. The quantitative estimate of drug-likeness (QED) is 0.589. The Balaban J connectivity index is 2.46. The maximum absolute atomic E-state index is 10.5. The van der Waals surface area contributed by atoms with Crippen LogP contribution in [0.1, 0.15) is 20.3 Å². The normalized spacial score (nSPS) is 38.5. The van der Waals surface area contributed by atoms with Gasteiger partial charge in [0.25, 0.3) is 0 Å². The van der Waals surface area contributed by atoms with E-state index in [0.717, 1.165) is 13.0 Å². The third-order valence-corrected chi connectivity index (χ3v) is 2.56. The van der Waals surface area contributed by atoms with Gasteiger partial charge >= 0.3 is 5.97 Å². The van der Waals surface area contributed by atoms with Crippen LogP contribution in [0.5, 0.6) is 0 Å². The minimum Gasteiger partial charge on any atom is -0.480 e. The topological polar surface area (TPSA) is 49.3 Å². The van der Waals surface area contributed by atoms with Crippen molar-refractivity contribution in [3.8, 4) is 0 Å². The standard InChI is InChI=1S/C8H15NO2/c1-5-3-7(8(10)11)9-4-6(5)2/h5-7,9H,3-4H2,1-2H3,(H,10,11)/t5-,6+,7-/m1/s1. The van der Waals surface area contributed by atoms with Gasteiger partial charge in [0.2, 0.25) is 0 Å². The first-order chi connectivity index (χ1) is 5.11. The monoisotopic (exact) mass is 157 g/mol. The summed E-state index contributed by atoms with van der Waals surface area (Å²) in [5.74, 6) is 0.409. The van der Waals surface area contributed by atoms with Gasteiger partial charge in [0.15, 0.2) is 0 Å². The molecular formula is C8H15NO2. The van der Waals surface area contributed by atoms with Crippen LogP contribution < -0.4 is 5.32 Å². The molecule has 0 aromatic heterocycles. The second-order valence-corrected chi connectivity index (χ2v) is 3.49. The molecule has 0 amide bonds. The molecule has 0 unspecified atom stereocenters. The Morgan fingerprint density at radius 2 is 2.09 bits per heavy atom. The van der Waals surface area contributed by atoms with Gasteiger partial charge in [0.1, 0.15) is 6.04 Å². The van der Waals surface area contributed by atoms with Gasteiger partial charge in [-0.1, -0.05) is 13.8 Å². The van der Waals surface area contributed by atoms with Gasteiger partial charge in [-0.25, -0.2) is 0 Å². The van der Waals surface area contributed by atoms with E-state index in [9.17, 15) is 4.79 Å². The summed E-state index contributed by atoms with van der Waals surface area (Å²) in [6.45, 7) is 5.09. The van der Waals surface area contributed by atoms with Gasteiger partial charge in [0.05, 0.1) is 0 Å². The molecule has 1 rings (SSSR count). The second-order valence-electron chi connectivity index (χ2n) is 3.49. The predicted molar refractivity (Wildman–Crippen MR) is 42.4 cm³/mol. The molecule has 0 saturated carbocycles. The van der Waals surface area contributed by atoms with Gasteiger partial charge in [-0.05, 0) is 24.8 Å². The minimum absolute atomic E-state index is 0.318. The zero-order valence-electron chi connectivity index (χ0n) is 7.00. The highest BCUT2D eigenvalue weighted by atomic mass is 16.4. The maximum Gasteiger partial charge on any atom is 0.320 e. The predicted octanol–water partition coefficient (Wildman–Crippen LogP) is 0.705. The highest BCUT2D eigenvalue weighted by molar-refractivity contribution is 5.73. The van der Waals surface area contributed by atoms with Crippen LogP contribution in [0.15, 0.2) is 0 Å². The fraction of sp³-hybridized carbons (Fsp3) is 0.875. The average molecular weight is 157 g/mol. The van der Waals surface area contributed by atoms with Crippen LogP contribution in [0, 0.1) is 11.8 Å². The zero-order chi connectivity index (χ0) is 8.43. The Morgan fingerprint density at radius 3 is 2.55 bits per heavy atom. The number of nitrogens with one attached hydrogen (secondary N) is 1. The van der Waals surface area contributed by atoms with Crippen molar-refractivity contribution in [3.63, 3.8) is 0 Å². The first kappa shape index (κ1) is 8.53. The number of piperidine rings is 1. The van der Waals surface area contributed by atoms with E-state index in [0.29, 0.717) is 11.8 Å². The molecule has 0 aliphatic carbocycles. The van der Waals surface area contributed by atoms with Gasteiger partial charge < -0.3 is 10.4 Å². The van der Waals surface area contributed by atoms with Gasteiger partial charge in [0, 0.05) is 0 Å². The second kappa shape index (κ2) is 3.22. The molecule has 0 spiro atoms. The van der Waals surface area contributed by atoms with E-state index < -0.39 is 5.97 Å². The largest absolute Gasteiger partial charge is 0.480 e. The van der Waals surface area contributed by atoms with Gasteiger partial charge in [-0.3, -0.25) is 4.79 Å². The Morgan fingerprint density at radius 1 is 1.45 bits per heavy atom. The summed E-state index contributed by atoms with van der Waals surface area (Å²) in [6, 6.07) is -0.318. The first-order valence-corrected chi connectivity index (χ1v) is 4.07. The summed E-state index contributed by atoms with van der Waals surface area (Å²) in [5, 5.41) is 11.7. The summed E-state index contributed by atoms with van der Waals surface area (Å²) in [7, 11) is 0. The minimum atomic E-state index is -0.719. The highest BCUT2D eigenvalue weighted by Gasteiger charge is 2.27. The van der Waals surface area contributed by atoms with E-state index >= 15 is 0 Å². The lowest BCUT2D eigenvalue weighted by molar-refractivity contribution is -0.140. The first-order valence-electron chi connectivity index (χ1n) is 4.07. The molecule has 11 heavy (non-hydrogen) atoms. The summed E-state index contributed by atoms with van der Waals surface area (Å²) in [5.41, 5.74) is 0. The van der Waals surface area contributed by atoms with Crippen molar-refractivity contribution in [2.45, 2.75) is 26.3 Å². The molecule has 1 fully saturated rings.